The fraction of sp³-hybridized carbons (Fsp3) is 0.500. The van der Waals surface area contributed by atoms with Gasteiger partial charge in [0, 0.05) is 22.1 Å². The Labute approximate surface area is 149 Å². The molecule has 124 valence electrons. The second-order valence-electron chi connectivity index (χ2n) is 5.97. The summed E-state index contributed by atoms with van der Waals surface area (Å²) in [7, 11) is 0. The third-order valence-corrected chi connectivity index (χ3v) is 5.92. The van der Waals surface area contributed by atoms with Crippen molar-refractivity contribution in [3.63, 3.8) is 0 Å². The van der Waals surface area contributed by atoms with Crippen molar-refractivity contribution in [3.05, 3.63) is 21.5 Å². The summed E-state index contributed by atoms with van der Waals surface area (Å²) in [4.78, 5) is 11.3. The summed E-state index contributed by atoms with van der Waals surface area (Å²) in [5, 5.41) is 2.49. The number of nitrogen functional groups attached to an aromatic ring is 1. The number of nitrogens with two attached hydrogens (primary N) is 1. The number of aromatic nitrogens is 2. The van der Waals surface area contributed by atoms with E-state index >= 15 is 0 Å². The lowest BCUT2D eigenvalue weighted by Crippen LogP contribution is -2.26. The van der Waals surface area contributed by atoms with Gasteiger partial charge in [0.15, 0.2) is 5.16 Å². The van der Waals surface area contributed by atoms with Gasteiger partial charge >= 0.3 is 0 Å². The standard InChI is InChI=1S/C16H20ClN3OS2/c1-8(2)11-6-10-12(7-21-11)23-15-13(10)14(18)19-16(20-15)22-5-4-9(3)17/h4,8,11H,5-7H2,1-3H3,(H2,18,19,20)/b9-4+/t11-/m0/s1. The molecule has 0 saturated heterocycles. The highest BCUT2D eigenvalue weighted by molar-refractivity contribution is 7.99. The Kier molecular flexibility index (Phi) is 5.16. The first-order chi connectivity index (χ1) is 11.0. The second-order valence-corrected chi connectivity index (χ2v) is 8.64. The number of hydrogen-bond donors (Lipinski definition) is 1. The van der Waals surface area contributed by atoms with Gasteiger partial charge in [-0.25, -0.2) is 9.97 Å². The Balaban J connectivity index is 1.93. The average molecular weight is 370 g/mol. The van der Waals surface area contributed by atoms with Crippen LogP contribution in [-0.4, -0.2) is 21.8 Å². The van der Waals surface area contributed by atoms with Gasteiger partial charge in [0.05, 0.1) is 18.1 Å². The molecule has 1 aliphatic heterocycles. The SMILES string of the molecule is C/C(Cl)=C\CSc1nc(N)c2c3c(sc2n1)CO[C@H](C(C)C)C3. The van der Waals surface area contributed by atoms with Gasteiger partial charge < -0.3 is 10.5 Å². The molecule has 0 spiro atoms. The first-order valence-electron chi connectivity index (χ1n) is 7.60. The van der Waals surface area contributed by atoms with Gasteiger partial charge in [-0.1, -0.05) is 43.3 Å². The summed E-state index contributed by atoms with van der Waals surface area (Å²) >= 11 is 9.06. The molecule has 0 aromatic carbocycles. The highest BCUT2D eigenvalue weighted by atomic mass is 35.5. The molecule has 0 bridgehead atoms. The van der Waals surface area contributed by atoms with Gasteiger partial charge in [-0.05, 0) is 18.4 Å². The third kappa shape index (κ3) is 3.65. The molecule has 4 nitrogen and oxygen atoms in total. The Bertz CT molecular complexity index is 753. The third-order valence-electron chi connectivity index (χ3n) is 3.90. The molecule has 0 unspecified atom stereocenters. The smallest absolute Gasteiger partial charge is 0.191 e. The lowest BCUT2D eigenvalue weighted by Gasteiger charge is -2.26. The van der Waals surface area contributed by atoms with E-state index in [1.54, 1.807) is 23.1 Å². The van der Waals surface area contributed by atoms with Crippen molar-refractivity contribution < 1.29 is 4.74 Å². The predicted molar refractivity (Wildman–Crippen MR) is 99.3 cm³/mol. The number of fused-ring (bicyclic) bond motifs is 3. The van der Waals surface area contributed by atoms with E-state index in [0.29, 0.717) is 23.5 Å². The summed E-state index contributed by atoms with van der Waals surface area (Å²) in [6, 6.07) is 0. The molecule has 3 rings (SSSR count). The highest BCUT2D eigenvalue weighted by Gasteiger charge is 2.27. The number of nitrogens with zero attached hydrogens (tertiary/aromatic N) is 2. The summed E-state index contributed by atoms with van der Waals surface area (Å²) in [5.74, 6) is 1.80. The summed E-state index contributed by atoms with van der Waals surface area (Å²) < 4.78 is 5.95. The van der Waals surface area contributed by atoms with Crippen molar-refractivity contribution in [2.45, 2.75) is 45.1 Å². The topological polar surface area (TPSA) is 61.0 Å². The van der Waals surface area contributed by atoms with Crippen LogP contribution in [0, 0.1) is 5.92 Å². The van der Waals surface area contributed by atoms with Gasteiger partial charge in [-0.15, -0.1) is 11.3 Å². The lowest BCUT2D eigenvalue weighted by molar-refractivity contribution is 0.00203. The Morgan fingerprint density at radius 3 is 3.00 bits per heavy atom. The maximum atomic E-state index is 6.24. The van der Waals surface area contributed by atoms with Crippen molar-refractivity contribution in [2.75, 3.05) is 11.5 Å². The first kappa shape index (κ1) is 17.0. The summed E-state index contributed by atoms with van der Waals surface area (Å²) in [6.45, 7) is 6.88. The van der Waals surface area contributed by atoms with Gasteiger partial charge in [0.2, 0.25) is 0 Å². The minimum absolute atomic E-state index is 0.241. The Morgan fingerprint density at radius 2 is 2.30 bits per heavy atom. The fourth-order valence-corrected chi connectivity index (χ4v) is 4.77. The Morgan fingerprint density at radius 1 is 1.52 bits per heavy atom. The van der Waals surface area contributed by atoms with E-state index in [4.69, 9.17) is 22.1 Å². The van der Waals surface area contributed by atoms with Gasteiger partial charge in [-0.3, -0.25) is 0 Å². The molecule has 2 aromatic rings. The largest absolute Gasteiger partial charge is 0.383 e. The molecule has 7 heteroatoms. The van der Waals surface area contributed by atoms with E-state index in [2.05, 4.69) is 23.8 Å². The molecule has 0 aliphatic carbocycles. The maximum Gasteiger partial charge on any atom is 0.191 e. The van der Waals surface area contributed by atoms with Crippen molar-refractivity contribution in [3.8, 4) is 0 Å². The first-order valence-corrected chi connectivity index (χ1v) is 9.78. The van der Waals surface area contributed by atoms with Crippen LogP contribution >= 0.6 is 34.7 Å². The van der Waals surface area contributed by atoms with E-state index in [1.807, 2.05) is 13.0 Å². The second kappa shape index (κ2) is 6.97. The normalized spacial score (nSPS) is 18.7. The summed E-state index contributed by atoms with van der Waals surface area (Å²) in [5.41, 5.74) is 7.52. The minimum atomic E-state index is 0.241. The van der Waals surface area contributed by atoms with E-state index in [0.717, 1.165) is 27.4 Å². The molecule has 23 heavy (non-hydrogen) atoms. The maximum absolute atomic E-state index is 6.24. The summed E-state index contributed by atoms with van der Waals surface area (Å²) in [6.07, 6.45) is 3.07. The number of rotatable bonds is 4. The van der Waals surface area contributed by atoms with E-state index in [1.165, 1.54) is 10.4 Å². The number of thioether (sulfide) groups is 1. The molecule has 0 radical (unpaired) electrons. The van der Waals surface area contributed by atoms with Crippen LogP contribution in [0.3, 0.4) is 0 Å². The fourth-order valence-electron chi connectivity index (χ4n) is 2.61. The minimum Gasteiger partial charge on any atom is -0.383 e. The molecule has 0 fully saturated rings. The highest BCUT2D eigenvalue weighted by Crippen LogP contribution is 2.39. The zero-order valence-corrected chi connectivity index (χ0v) is 15.8. The van der Waals surface area contributed by atoms with Crippen LogP contribution in [-0.2, 0) is 17.8 Å². The number of ether oxygens (including phenoxy) is 1. The Hall–Kier alpha value is -0.820. The number of hydrogen-bond acceptors (Lipinski definition) is 6. The van der Waals surface area contributed by atoms with Crippen LogP contribution < -0.4 is 5.73 Å². The molecular formula is C16H20ClN3OS2. The number of halogens is 1. The van der Waals surface area contributed by atoms with Crippen LogP contribution in [0.1, 0.15) is 31.2 Å². The zero-order chi connectivity index (χ0) is 16.6. The van der Waals surface area contributed by atoms with E-state index < -0.39 is 0 Å². The van der Waals surface area contributed by atoms with Gasteiger partial charge in [0.1, 0.15) is 10.6 Å². The molecule has 1 aliphatic rings. The van der Waals surface area contributed by atoms with Crippen LogP contribution in [0.2, 0.25) is 0 Å². The molecule has 0 amide bonds. The van der Waals surface area contributed by atoms with Crippen LogP contribution in [0.15, 0.2) is 16.3 Å². The number of allylic oxidation sites excluding steroid dienone is 1. The van der Waals surface area contributed by atoms with Crippen molar-refractivity contribution in [2.24, 2.45) is 5.92 Å². The predicted octanol–water partition coefficient (Wildman–Crippen LogP) is 4.61. The number of thiophene rings is 1. The van der Waals surface area contributed by atoms with Crippen LogP contribution in [0.5, 0.6) is 0 Å². The van der Waals surface area contributed by atoms with Crippen LogP contribution in [0.25, 0.3) is 10.2 Å². The van der Waals surface area contributed by atoms with Crippen molar-refractivity contribution in [1.82, 2.24) is 9.97 Å². The molecule has 2 N–H and O–H groups in total. The van der Waals surface area contributed by atoms with Gasteiger partial charge in [0.25, 0.3) is 0 Å². The quantitative estimate of drug-likeness (QED) is 0.630. The molecule has 0 saturated carbocycles. The van der Waals surface area contributed by atoms with Crippen molar-refractivity contribution in [1.29, 1.82) is 0 Å². The molecule has 2 aromatic heterocycles. The van der Waals surface area contributed by atoms with Gasteiger partial charge in [-0.2, -0.15) is 0 Å². The molecule has 1 atom stereocenters. The molecular weight excluding hydrogens is 350 g/mol. The van der Waals surface area contributed by atoms with E-state index in [9.17, 15) is 0 Å². The van der Waals surface area contributed by atoms with Crippen molar-refractivity contribution >= 4 is 50.7 Å². The van der Waals surface area contributed by atoms with Crippen LogP contribution in [0.4, 0.5) is 5.82 Å². The lowest BCUT2D eigenvalue weighted by atomic mass is 9.96. The zero-order valence-electron chi connectivity index (χ0n) is 13.4. The molecule has 3 heterocycles. The number of anilines is 1. The van der Waals surface area contributed by atoms with E-state index in [-0.39, 0.29) is 6.10 Å². The monoisotopic (exact) mass is 369 g/mol. The average Bonchev–Trinajstić information content (AvgIpc) is 2.84.